The molecule has 2 aromatic carbocycles. The van der Waals surface area contributed by atoms with E-state index in [2.05, 4.69) is 20.9 Å². The average Bonchev–Trinajstić information content (AvgIpc) is 2.82. The van der Waals surface area contributed by atoms with Crippen molar-refractivity contribution in [2.75, 3.05) is 23.7 Å². The van der Waals surface area contributed by atoms with Crippen molar-refractivity contribution < 1.29 is 14.0 Å². The number of carbonyl (C=O) groups is 2. The number of benzene rings is 2. The molecular weight excluding hydrogens is 409 g/mol. The zero-order valence-electron chi connectivity index (χ0n) is 17.4. The van der Waals surface area contributed by atoms with Gasteiger partial charge in [-0.05, 0) is 49.2 Å². The lowest BCUT2D eigenvalue weighted by Crippen LogP contribution is -2.47. The molecule has 0 radical (unpaired) electrons. The molecule has 2 heterocycles. The predicted molar refractivity (Wildman–Crippen MR) is 121 cm³/mol. The van der Waals surface area contributed by atoms with Crippen molar-refractivity contribution in [1.29, 1.82) is 0 Å². The lowest BCUT2D eigenvalue weighted by molar-refractivity contribution is 0.0920. The van der Waals surface area contributed by atoms with Gasteiger partial charge in [-0.25, -0.2) is 14.2 Å². The van der Waals surface area contributed by atoms with Crippen LogP contribution < -0.4 is 16.0 Å². The van der Waals surface area contributed by atoms with E-state index in [4.69, 9.17) is 0 Å². The van der Waals surface area contributed by atoms with Crippen LogP contribution in [0.5, 0.6) is 0 Å². The normalized spacial score (nSPS) is 14.0. The molecule has 1 saturated heterocycles. The Morgan fingerprint density at radius 2 is 1.66 bits per heavy atom. The summed E-state index contributed by atoms with van der Waals surface area (Å²) in [5.41, 5.74) is 1.33. The number of rotatable bonds is 5. The van der Waals surface area contributed by atoms with Crippen LogP contribution in [0.2, 0.25) is 0 Å². The molecular formula is C24H24FN5O2. The number of hydrogen-bond donors (Lipinski definition) is 3. The molecule has 1 aliphatic heterocycles. The largest absolute Gasteiger partial charge is 0.349 e. The van der Waals surface area contributed by atoms with Gasteiger partial charge in [0.1, 0.15) is 11.6 Å². The quantitative estimate of drug-likeness (QED) is 0.557. The average molecular weight is 433 g/mol. The molecule has 0 aliphatic carbocycles. The van der Waals surface area contributed by atoms with Crippen LogP contribution in [-0.2, 0) is 0 Å². The Morgan fingerprint density at radius 1 is 0.938 bits per heavy atom. The van der Waals surface area contributed by atoms with Gasteiger partial charge in [-0.15, -0.1) is 0 Å². The highest BCUT2D eigenvalue weighted by molar-refractivity contribution is 5.99. The summed E-state index contributed by atoms with van der Waals surface area (Å²) in [6.07, 6.45) is 2.83. The van der Waals surface area contributed by atoms with E-state index >= 15 is 0 Å². The van der Waals surface area contributed by atoms with E-state index < -0.39 is 5.82 Å². The monoisotopic (exact) mass is 433 g/mol. The number of aromatic nitrogens is 1. The lowest BCUT2D eigenvalue weighted by Gasteiger charge is -2.32. The molecule has 4 rings (SSSR count). The van der Waals surface area contributed by atoms with E-state index in [-0.39, 0.29) is 29.5 Å². The Bertz CT molecular complexity index is 1080. The molecule has 3 amide bonds. The Balaban J connectivity index is 1.33. The third-order valence-corrected chi connectivity index (χ3v) is 5.32. The maximum Gasteiger partial charge on any atom is 0.321 e. The number of nitrogens with zero attached hydrogens (tertiary/aromatic N) is 2. The standard InChI is InChI=1S/C24H24FN5O2/c25-20-10-4-5-11-21(20)29-22-19(9-6-14-26-22)23(31)27-18-12-15-30(16-13-18)24(32)28-17-7-2-1-3-8-17/h1-11,14,18H,12-13,15-16H2,(H,26,29)(H,27,31)(H,28,32). The fourth-order valence-corrected chi connectivity index (χ4v) is 3.59. The SMILES string of the molecule is O=C(NC1CCN(C(=O)Nc2ccccc2)CC1)c1cccnc1Nc1ccccc1F. The fraction of sp³-hybridized carbons (Fsp3) is 0.208. The zero-order chi connectivity index (χ0) is 22.3. The van der Waals surface area contributed by atoms with E-state index in [1.54, 1.807) is 41.4 Å². The molecule has 32 heavy (non-hydrogen) atoms. The third-order valence-electron chi connectivity index (χ3n) is 5.32. The van der Waals surface area contributed by atoms with E-state index in [9.17, 15) is 14.0 Å². The van der Waals surface area contributed by atoms with Gasteiger partial charge < -0.3 is 20.9 Å². The number of nitrogens with one attached hydrogen (secondary N) is 3. The highest BCUT2D eigenvalue weighted by atomic mass is 19.1. The fourth-order valence-electron chi connectivity index (χ4n) is 3.59. The molecule has 0 unspecified atom stereocenters. The maximum atomic E-state index is 14.0. The minimum absolute atomic E-state index is 0.0650. The molecule has 0 saturated carbocycles. The Kier molecular flexibility index (Phi) is 6.60. The van der Waals surface area contributed by atoms with Crippen LogP contribution in [0.3, 0.4) is 0 Å². The molecule has 3 aromatic rings. The molecule has 3 N–H and O–H groups in total. The summed E-state index contributed by atoms with van der Waals surface area (Å²) >= 11 is 0. The van der Waals surface area contributed by atoms with Gasteiger partial charge in [0.05, 0.1) is 11.3 Å². The molecule has 7 nitrogen and oxygen atoms in total. The van der Waals surface area contributed by atoms with E-state index in [1.807, 2.05) is 30.3 Å². The van der Waals surface area contributed by atoms with Crippen molar-refractivity contribution in [3.05, 3.63) is 84.3 Å². The smallest absolute Gasteiger partial charge is 0.321 e. The molecule has 1 aromatic heterocycles. The Morgan fingerprint density at radius 3 is 2.41 bits per heavy atom. The number of hydrogen-bond acceptors (Lipinski definition) is 4. The summed E-state index contributed by atoms with van der Waals surface area (Å²) < 4.78 is 14.0. The number of piperidine rings is 1. The molecule has 8 heteroatoms. The number of anilines is 3. The second kappa shape index (κ2) is 9.91. The first-order valence-corrected chi connectivity index (χ1v) is 10.5. The summed E-state index contributed by atoms with van der Waals surface area (Å²) in [5.74, 6) is -0.426. The number of pyridine rings is 1. The number of para-hydroxylation sites is 2. The summed E-state index contributed by atoms with van der Waals surface area (Å²) in [7, 11) is 0. The molecule has 1 fully saturated rings. The van der Waals surface area contributed by atoms with E-state index in [1.165, 1.54) is 6.07 Å². The first kappa shape index (κ1) is 21.3. The highest BCUT2D eigenvalue weighted by Crippen LogP contribution is 2.21. The Hall–Kier alpha value is -3.94. The van der Waals surface area contributed by atoms with Gasteiger partial charge in [-0.3, -0.25) is 4.79 Å². The Labute approximate surface area is 185 Å². The zero-order valence-corrected chi connectivity index (χ0v) is 17.4. The first-order chi connectivity index (χ1) is 15.6. The summed E-state index contributed by atoms with van der Waals surface area (Å²) in [5, 5.41) is 8.79. The maximum absolute atomic E-state index is 14.0. The van der Waals surface area contributed by atoms with Crippen molar-refractivity contribution in [1.82, 2.24) is 15.2 Å². The van der Waals surface area contributed by atoms with E-state index in [0.717, 1.165) is 5.69 Å². The number of halogens is 1. The molecule has 1 aliphatic rings. The lowest BCUT2D eigenvalue weighted by atomic mass is 10.0. The van der Waals surface area contributed by atoms with Crippen LogP contribution in [0.25, 0.3) is 0 Å². The van der Waals surface area contributed by atoms with Gasteiger partial charge in [0.15, 0.2) is 0 Å². The molecule has 164 valence electrons. The van der Waals surface area contributed by atoms with Gasteiger partial charge in [0, 0.05) is 31.0 Å². The van der Waals surface area contributed by atoms with Gasteiger partial charge in [-0.2, -0.15) is 0 Å². The predicted octanol–water partition coefficient (Wildman–Crippen LogP) is 4.39. The van der Waals surface area contributed by atoms with Crippen molar-refractivity contribution in [3.63, 3.8) is 0 Å². The first-order valence-electron chi connectivity index (χ1n) is 10.5. The highest BCUT2D eigenvalue weighted by Gasteiger charge is 2.25. The molecule has 0 bridgehead atoms. The number of likely N-dealkylation sites (tertiary alicyclic amines) is 1. The minimum atomic E-state index is -0.425. The number of carbonyl (C=O) groups excluding carboxylic acids is 2. The van der Waals surface area contributed by atoms with Gasteiger partial charge in [-0.1, -0.05) is 30.3 Å². The van der Waals surface area contributed by atoms with Crippen molar-refractivity contribution in [2.24, 2.45) is 0 Å². The van der Waals surface area contributed by atoms with Crippen molar-refractivity contribution in [3.8, 4) is 0 Å². The number of amides is 3. The summed E-state index contributed by atoms with van der Waals surface area (Å²) in [4.78, 5) is 31.3. The summed E-state index contributed by atoms with van der Waals surface area (Å²) in [6, 6.07) is 18.6. The topological polar surface area (TPSA) is 86.4 Å². The van der Waals surface area contributed by atoms with Gasteiger partial charge in [0.25, 0.3) is 5.91 Å². The van der Waals surface area contributed by atoms with Crippen LogP contribution in [-0.4, -0.2) is 41.0 Å². The van der Waals surface area contributed by atoms with Crippen LogP contribution >= 0.6 is 0 Å². The van der Waals surface area contributed by atoms with Crippen LogP contribution in [0.15, 0.2) is 72.9 Å². The van der Waals surface area contributed by atoms with Gasteiger partial charge in [0.2, 0.25) is 0 Å². The summed E-state index contributed by atoms with van der Waals surface area (Å²) in [6.45, 7) is 1.08. The van der Waals surface area contributed by atoms with Crippen LogP contribution in [0.4, 0.5) is 26.4 Å². The second-order valence-corrected chi connectivity index (χ2v) is 7.54. The van der Waals surface area contributed by atoms with Gasteiger partial charge >= 0.3 is 6.03 Å². The van der Waals surface area contributed by atoms with Crippen molar-refractivity contribution >= 4 is 29.1 Å². The molecule has 0 atom stereocenters. The van der Waals surface area contributed by atoms with Crippen molar-refractivity contribution in [2.45, 2.75) is 18.9 Å². The third kappa shape index (κ3) is 5.21. The minimum Gasteiger partial charge on any atom is -0.349 e. The van der Waals surface area contributed by atoms with Crippen LogP contribution in [0, 0.1) is 5.82 Å². The second-order valence-electron chi connectivity index (χ2n) is 7.54. The molecule has 0 spiro atoms. The number of urea groups is 1. The van der Waals surface area contributed by atoms with Crippen LogP contribution in [0.1, 0.15) is 23.2 Å². The van der Waals surface area contributed by atoms with E-state index in [0.29, 0.717) is 31.5 Å².